The summed E-state index contributed by atoms with van der Waals surface area (Å²) in [5.74, 6) is 0. The lowest BCUT2D eigenvalue weighted by atomic mass is 9.85. The van der Waals surface area contributed by atoms with Gasteiger partial charge in [0.25, 0.3) is 0 Å². The van der Waals surface area contributed by atoms with Crippen molar-refractivity contribution in [2.75, 3.05) is 0 Å². The zero-order valence-electron chi connectivity index (χ0n) is 31.7. The molecule has 2 aromatic heterocycles. The van der Waals surface area contributed by atoms with Crippen LogP contribution < -0.4 is 0 Å². The molecule has 0 radical (unpaired) electrons. The van der Waals surface area contributed by atoms with E-state index >= 15 is 0 Å². The van der Waals surface area contributed by atoms with Crippen molar-refractivity contribution in [3.8, 4) is 67.0 Å². The minimum atomic E-state index is 0.886. The van der Waals surface area contributed by atoms with Crippen LogP contribution >= 0.6 is 0 Å². The second kappa shape index (κ2) is 14.1. The molecule has 0 fully saturated rings. The van der Waals surface area contributed by atoms with Crippen LogP contribution in [0.15, 0.2) is 218 Å². The summed E-state index contributed by atoms with van der Waals surface area (Å²) in [7, 11) is 0. The Morgan fingerprint density at radius 2 is 0.534 bits per heavy atom. The third-order valence-corrected chi connectivity index (χ3v) is 11.4. The molecule has 0 aliphatic carbocycles. The Morgan fingerprint density at radius 1 is 0.207 bits per heavy atom. The molecule has 0 atom stereocenters. The number of aromatic nitrogens is 2. The molecular formula is C56H36N2. The van der Waals surface area contributed by atoms with E-state index in [1.165, 1.54) is 38.2 Å². The molecule has 11 aromatic rings. The van der Waals surface area contributed by atoms with Crippen molar-refractivity contribution in [1.82, 2.24) is 9.97 Å². The minimum Gasteiger partial charge on any atom is -0.245 e. The van der Waals surface area contributed by atoms with E-state index in [0.29, 0.717) is 0 Å². The van der Waals surface area contributed by atoms with E-state index in [2.05, 4.69) is 212 Å². The van der Waals surface area contributed by atoms with Crippen molar-refractivity contribution < 1.29 is 0 Å². The van der Waals surface area contributed by atoms with Crippen LogP contribution in [0.5, 0.6) is 0 Å². The average Bonchev–Trinajstić information content (AvgIpc) is 3.31. The highest BCUT2D eigenvalue weighted by Gasteiger charge is 2.21. The lowest BCUT2D eigenvalue weighted by molar-refractivity contribution is 1.36. The van der Waals surface area contributed by atoms with Crippen LogP contribution in [0.1, 0.15) is 0 Å². The van der Waals surface area contributed by atoms with Gasteiger partial charge in [-0.25, -0.2) is 9.97 Å². The van der Waals surface area contributed by atoms with Gasteiger partial charge in [0.2, 0.25) is 0 Å². The number of hydrogen-bond acceptors (Lipinski definition) is 2. The second-order valence-electron chi connectivity index (χ2n) is 14.8. The summed E-state index contributed by atoms with van der Waals surface area (Å²) in [6, 6.07) is 78.0. The Balaban J connectivity index is 1.17. The van der Waals surface area contributed by atoms with Crippen LogP contribution in [0, 0.1) is 0 Å². The van der Waals surface area contributed by atoms with Gasteiger partial charge in [0.1, 0.15) is 0 Å². The van der Waals surface area contributed by atoms with Gasteiger partial charge < -0.3 is 0 Å². The molecule has 9 aromatic carbocycles. The van der Waals surface area contributed by atoms with E-state index in [0.717, 1.165) is 72.1 Å². The van der Waals surface area contributed by atoms with Gasteiger partial charge in [-0.05, 0) is 96.4 Å². The van der Waals surface area contributed by atoms with Crippen molar-refractivity contribution >= 4 is 43.4 Å². The lowest BCUT2D eigenvalue weighted by Crippen LogP contribution is -1.97. The van der Waals surface area contributed by atoms with Crippen LogP contribution in [-0.2, 0) is 0 Å². The zero-order valence-corrected chi connectivity index (χ0v) is 31.7. The van der Waals surface area contributed by atoms with Crippen molar-refractivity contribution in [2.45, 2.75) is 0 Å². The Morgan fingerprint density at radius 3 is 0.983 bits per heavy atom. The number of pyridine rings is 2. The van der Waals surface area contributed by atoms with Crippen molar-refractivity contribution in [1.29, 1.82) is 0 Å². The molecule has 11 rings (SSSR count). The number of benzene rings is 9. The van der Waals surface area contributed by atoms with Crippen LogP contribution in [0.25, 0.3) is 110 Å². The number of hydrogen-bond donors (Lipinski definition) is 0. The maximum Gasteiger partial charge on any atom is 0.0979 e. The molecule has 2 nitrogen and oxygen atoms in total. The molecule has 0 N–H and O–H groups in total. The molecule has 270 valence electrons. The first-order valence-electron chi connectivity index (χ1n) is 19.8. The molecule has 0 amide bonds. The molecule has 0 saturated heterocycles. The average molecular weight is 737 g/mol. The fourth-order valence-corrected chi connectivity index (χ4v) is 8.88. The smallest absolute Gasteiger partial charge is 0.0979 e. The van der Waals surface area contributed by atoms with Gasteiger partial charge in [0, 0.05) is 21.9 Å². The van der Waals surface area contributed by atoms with E-state index < -0.39 is 0 Å². The second-order valence-corrected chi connectivity index (χ2v) is 14.8. The molecule has 2 heteroatoms. The van der Waals surface area contributed by atoms with Crippen molar-refractivity contribution in [3.63, 3.8) is 0 Å². The van der Waals surface area contributed by atoms with Crippen molar-refractivity contribution in [3.05, 3.63) is 218 Å². The third-order valence-electron chi connectivity index (χ3n) is 11.4. The first-order chi connectivity index (χ1) is 28.8. The predicted octanol–water partition coefficient (Wildman–Crippen LogP) is 15.1. The number of nitrogens with zero attached hydrogens (tertiary/aromatic N) is 2. The van der Waals surface area contributed by atoms with Gasteiger partial charge in [-0.15, -0.1) is 0 Å². The molecule has 0 saturated carbocycles. The molecule has 58 heavy (non-hydrogen) atoms. The number of fused-ring (bicyclic) bond motifs is 5. The molecular weight excluding hydrogens is 701 g/mol. The van der Waals surface area contributed by atoms with Crippen LogP contribution in [0.4, 0.5) is 0 Å². The summed E-state index contributed by atoms with van der Waals surface area (Å²) in [5.41, 5.74) is 15.2. The minimum absolute atomic E-state index is 0.886. The van der Waals surface area contributed by atoms with Crippen molar-refractivity contribution in [2.24, 2.45) is 0 Å². The van der Waals surface area contributed by atoms with Gasteiger partial charge in [0.05, 0.1) is 22.4 Å². The van der Waals surface area contributed by atoms with Gasteiger partial charge in [-0.1, -0.05) is 188 Å². The maximum absolute atomic E-state index is 5.58. The molecule has 0 spiro atoms. The zero-order chi connectivity index (χ0) is 38.4. The van der Waals surface area contributed by atoms with E-state index in [4.69, 9.17) is 9.97 Å². The number of rotatable bonds is 6. The van der Waals surface area contributed by atoms with Crippen LogP contribution in [0.3, 0.4) is 0 Å². The third kappa shape index (κ3) is 5.66. The summed E-state index contributed by atoms with van der Waals surface area (Å²) in [5, 5.41) is 7.09. The topological polar surface area (TPSA) is 25.8 Å². The maximum atomic E-state index is 5.58. The van der Waals surface area contributed by atoms with E-state index in [9.17, 15) is 0 Å². The lowest BCUT2D eigenvalue weighted by Gasteiger charge is -2.19. The summed E-state index contributed by atoms with van der Waals surface area (Å²) < 4.78 is 0. The highest BCUT2D eigenvalue weighted by molar-refractivity contribution is 6.22. The first kappa shape index (κ1) is 33.6. The SMILES string of the molecule is c1ccc(-c2ccc3c(-c4ccccc4)c(-c4ccccc4)c4ccc(-c5cccc(-c6c7ccccc7c(-c7ccccc7)c7ccccc67)c5)nc4c3n2)cc1. The van der Waals surface area contributed by atoms with E-state index in [-0.39, 0.29) is 0 Å². The fraction of sp³-hybridized carbons (Fsp3) is 0. The van der Waals surface area contributed by atoms with Gasteiger partial charge in [-0.3, -0.25) is 0 Å². The van der Waals surface area contributed by atoms with E-state index in [1.54, 1.807) is 0 Å². The summed E-state index contributed by atoms with van der Waals surface area (Å²) >= 11 is 0. The predicted molar refractivity (Wildman–Crippen MR) is 245 cm³/mol. The first-order valence-corrected chi connectivity index (χ1v) is 19.8. The Kier molecular flexibility index (Phi) is 8.19. The molecule has 0 aliphatic heterocycles. The van der Waals surface area contributed by atoms with Gasteiger partial charge in [0.15, 0.2) is 0 Å². The largest absolute Gasteiger partial charge is 0.245 e. The highest BCUT2D eigenvalue weighted by atomic mass is 14.8. The molecule has 0 bridgehead atoms. The highest BCUT2D eigenvalue weighted by Crippen LogP contribution is 2.46. The fourth-order valence-electron chi connectivity index (χ4n) is 8.88. The summed E-state index contributed by atoms with van der Waals surface area (Å²) in [6.45, 7) is 0. The van der Waals surface area contributed by atoms with E-state index in [1.807, 2.05) is 6.07 Å². The summed E-state index contributed by atoms with van der Waals surface area (Å²) in [6.07, 6.45) is 0. The molecule has 0 aliphatic rings. The standard InChI is InChI=1S/C56H36N2/c1-5-18-37(19-6-1)49-34-32-47-53(39-22-9-3-10-23-39)54(40-24-11-4-12-25-40)48-33-35-50(58-56(48)55(47)57-49)41-26-17-27-42(36-41)52-45-30-15-13-28-43(45)51(38-20-7-2-8-21-38)44-29-14-16-31-46(44)52/h1-36H. The van der Waals surface area contributed by atoms with Gasteiger partial charge in [-0.2, -0.15) is 0 Å². The molecule has 0 unspecified atom stereocenters. The molecule has 2 heterocycles. The van der Waals surface area contributed by atoms with Crippen LogP contribution in [-0.4, -0.2) is 9.97 Å². The normalized spacial score (nSPS) is 11.4. The van der Waals surface area contributed by atoms with Gasteiger partial charge >= 0.3 is 0 Å². The quantitative estimate of drug-likeness (QED) is 0.125. The Bertz CT molecular complexity index is 3250. The Labute approximate surface area is 337 Å². The Hall–Kier alpha value is -7.68. The van der Waals surface area contributed by atoms with Crippen LogP contribution in [0.2, 0.25) is 0 Å². The monoisotopic (exact) mass is 736 g/mol. The summed E-state index contributed by atoms with van der Waals surface area (Å²) in [4.78, 5) is 11.0.